The minimum Gasteiger partial charge on any atom is -0.508 e. The zero-order valence-electron chi connectivity index (χ0n) is 19.6. The SMILES string of the molecule is CC(=O)C1=C(C)CC2C(O)C3C(=C(O)C2(O)C1=O)C(=O)c1c(ccc(C2CCCC2)c1O)C3C. The van der Waals surface area contributed by atoms with E-state index in [9.17, 15) is 34.8 Å². The van der Waals surface area contributed by atoms with Crippen molar-refractivity contribution < 1.29 is 34.8 Å². The number of phenolic OH excluding ortho intramolecular Hbond substituents is 1. The van der Waals surface area contributed by atoms with Gasteiger partial charge < -0.3 is 20.4 Å². The molecule has 0 heterocycles. The first kappa shape index (κ1) is 23.0. The van der Waals surface area contributed by atoms with E-state index in [1.54, 1.807) is 13.8 Å². The fraction of sp³-hybridized carbons (Fsp3) is 0.519. The Morgan fingerprint density at radius 1 is 1.09 bits per heavy atom. The molecule has 4 aliphatic rings. The number of aliphatic hydroxyl groups excluding tert-OH is 2. The minimum absolute atomic E-state index is 0.0335. The molecular formula is C27H30O7. The van der Waals surface area contributed by atoms with E-state index in [1.807, 2.05) is 12.1 Å². The van der Waals surface area contributed by atoms with Crippen molar-refractivity contribution in [3.8, 4) is 5.75 Å². The molecule has 5 unspecified atom stereocenters. The van der Waals surface area contributed by atoms with Crippen LogP contribution in [0.1, 0.15) is 86.2 Å². The standard InChI is InChI=1S/C27H30O7/c1-11-10-17-23(30)19-12(2)15-8-9-16(14-6-4-5-7-14)22(29)20(15)24(31)21(19)26(33)27(17,34)25(32)18(11)13(3)28/h8-9,12,14,17,19,23,29-30,33-34H,4-7,10H2,1-3H3. The number of aromatic hydroxyl groups is 1. The predicted molar refractivity (Wildman–Crippen MR) is 123 cm³/mol. The summed E-state index contributed by atoms with van der Waals surface area (Å²) in [6.45, 7) is 4.61. The Bertz CT molecular complexity index is 1200. The highest BCUT2D eigenvalue weighted by atomic mass is 16.4. The van der Waals surface area contributed by atoms with Crippen LogP contribution in [-0.2, 0) is 9.59 Å². The summed E-state index contributed by atoms with van der Waals surface area (Å²) in [6, 6.07) is 3.67. The zero-order valence-corrected chi connectivity index (χ0v) is 19.6. The summed E-state index contributed by atoms with van der Waals surface area (Å²) in [5.41, 5.74) is -1.26. The number of fused-ring (bicyclic) bond motifs is 3. The van der Waals surface area contributed by atoms with E-state index < -0.39 is 52.6 Å². The maximum Gasteiger partial charge on any atom is 0.206 e. The van der Waals surface area contributed by atoms with Crippen molar-refractivity contribution in [2.24, 2.45) is 11.8 Å². The van der Waals surface area contributed by atoms with E-state index in [0.717, 1.165) is 25.7 Å². The van der Waals surface area contributed by atoms with Crippen LogP contribution in [0.4, 0.5) is 0 Å². The van der Waals surface area contributed by atoms with Gasteiger partial charge in [-0.25, -0.2) is 0 Å². The average molecular weight is 467 g/mol. The van der Waals surface area contributed by atoms with Crippen molar-refractivity contribution in [3.63, 3.8) is 0 Å². The molecule has 0 aromatic heterocycles. The van der Waals surface area contributed by atoms with E-state index in [2.05, 4.69) is 0 Å². The van der Waals surface area contributed by atoms with Gasteiger partial charge in [0.15, 0.2) is 17.2 Å². The molecule has 0 bridgehead atoms. The Hall–Kier alpha value is -2.77. The first-order chi connectivity index (χ1) is 16.0. The lowest BCUT2D eigenvalue weighted by atomic mass is 9.55. The fourth-order valence-corrected chi connectivity index (χ4v) is 6.97. The Morgan fingerprint density at radius 3 is 2.32 bits per heavy atom. The molecule has 5 atom stereocenters. The Labute approximate surface area is 197 Å². The molecule has 180 valence electrons. The molecule has 4 aliphatic carbocycles. The molecule has 1 saturated carbocycles. The van der Waals surface area contributed by atoms with Gasteiger partial charge in [0.25, 0.3) is 0 Å². The highest BCUT2D eigenvalue weighted by molar-refractivity contribution is 6.25. The van der Waals surface area contributed by atoms with Gasteiger partial charge >= 0.3 is 0 Å². The molecule has 7 nitrogen and oxygen atoms in total. The molecule has 0 aliphatic heterocycles. The third-order valence-electron chi connectivity index (χ3n) is 8.68. The van der Waals surface area contributed by atoms with Crippen LogP contribution >= 0.6 is 0 Å². The quantitative estimate of drug-likeness (QED) is 0.491. The molecule has 1 aromatic carbocycles. The lowest BCUT2D eigenvalue weighted by molar-refractivity contribution is -0.153. The first-order valence-corrected chi connectivity index (χ1v) is 12.0. The Morgan fingerprint density at radius 2 is 1.71 bits per heavy atom. The number of hydrogen-bond acceptors (Lipinski definition) is 7. The summed E-state index contributed by atoms with van der Waals surface area (Å²) in [7, 11) is 0. The van der Waals surface area contributed by atoms with Gasteiger partial charge in [-0.3, -0.25) is 14.4 Å². The van der Waals surface area contributed by atoms with Gasteiger partial charge in [0.2, 0.25) is 5.78 Å². The van der Waals surface area contributed by atoms with Crippen molar-refractivity contribution in [3.05, 3.63) is 51.3 Å². The van der Waals surface area contributed by atoms with Crippen molar-refractivity contribution in [1.29, 1.82) is 0 Å². The van der Waals surface area contributed by atoms with E-state index in [0.29, 0.717) is 16.7 Å². The number of rotatable bonds is 2. The molecule has 4 N–H and O–H groups in total. The molecule has 1 fully saturated rings. The molecule has 34 heavy (non-hydrogen) atoms. The molecule has 1 aromatic rings. The molecule has 0 spiro atoms. The highest BCUT2D eigenvalue weighted by Crippen LogP contribution is 2.56. The third-order valence-corrected chi connectivity index (χ3v) is 8.68. The zero-order chi connectivity index (χ0) is 24.7. The van der Waals surface area contributed by atoms with Crippen molar-refractivity contribution in [1.82, 2.24) is 0 Å². The van der Waals surface area contributed by atoms with E-state index >= 15 is 0 Å². The number of carbonyl (C=O) groups excluding carboxylic acids is 3. The second kappa shape index (κ2) is 7.62. The van der Waals surface area contributed by atoms with Crippen molar-refractivity contribution in [2.45, 2.75) is 76.4 Å². The smallest absolute Gasteiger partial charge is 0.206 e. The number of allylic oxidation sites excluding steroid dienone is 1. The van der Waals surface area contributed by atoms with Crippen LogP contribution in [0.3, 0.4) is 0 Å². The van der Waals surface area contributed by atoms with Crippen LogP contribution in [0, 0.1) is 11.8 Å². The molecule has 7 heteroatoms. The van der Waals surface area contributed by atoms with Gasteiger partial charge in [-0.1, -0.05) is 37.5 Å². The Kier molecular flexibility index (Phi) is 5.15. The second-order valence-electron chi connectivity index (χ2n) is 10.5. The average Bonchev–Trinajstić information content (AvgIpc) is 3.31. The number of hydrogen-bond donors (Lipinski definition) is 4. The number of benzene rings is 1. The molecular weight excluding hydrogens is 436 g/mol. The maximum atomic E-state index is 13.8. The van der Waals surface area contributed by atoms with Crippen molar-refractivity contribution >= 4 is 17.3 Å². The highest BCUT2D eigenvalue weighted by Gasteiger charge is 2.63. The molecule has 0 radical (unpaired) electrons. The lowest BCUT2D eigenvalue weighted by Gasteiger charge is -2.50. The summed E-state index contributed by atoms with van der Waals surface area (Å²) < 4.78 is 0. The monoisotopic (exact) mass is 466 g/mol. The summed E-state index contributed by atoms with van der Waals surface area (Å²) in [4.78, 5) is 39.2. The molecule has 0 saturated heterocycles. The second-order valence-corrected chi connectivity index (χ2v) is 10.5. The van der Waals surface area contributed by atoms with Crippen LogP contribution in [-0.4, -0.2) is 49.5 Å². The number of Topliss-reactive ketones (excluding diaryl/α,β-unsaturated/α-hetero) is 3. The minimum atomic E-state index is -2.57. The topological polar surface area (TPSA) is 132 Å². The van der Waals surface area contributed by atoms with Gasteiger partial charge in [-0.15, -0.1) is 0 Å². The van der Waals surface area contributed by atoms with Gasteiger partial charge in [0, 0.05) is 17.4 Å². The van der Waals surface area contributed by atoms with Crippen molar-refractivity contribution in [2.75, 3.05) is 0 Å². The number of phenols is 1. The number of ketones is 3. The van der Waals surface area contributed by atoms with Crippen LogP contribution in [0.5, 0.6) is 5.75 Å². The van der Waals surface area contributed by atoms with Gasteiger partial charge in [0.1, 0.15) is 11.5 Å². The summed E-state index contributed by atoms with van der Waals surface area (Å²) in [5.74, 6) is -5.44. The van der Waals surface area contributed by atoms with Crippen LogP contribution < -0.4 is 0 Å². The van der Waals surface area contributed by atoms with Gasteiger partial charge in [-0.05, 0) is 56.1 Å². The molecule has 5 rings (SSSR count). The third kappa shape index (κ3) is 2.80. The largest absolute Gasteiger partial charge is 0.508 e. The van der Waals surface area contributed by atoms with E-state index in [4.69, 9.17) is 0 Å². The summed E-state index contributed by atoms with van der Waals surface area (Å²) >= 11 is 0. The van der Waals surface area contributed by atoms with E-state index in [1.165, 1.54) is 6.92 Å². The fourth-order valence-electron chi connectivity index (χ4n) is 6.97. The van der Waals surface area contributed by atoms with Gasteiger partial charge in [0.05, 0.1) is 17.2 Å². The normalized spacial score (nSPS) is 33.7. The lowest BCUT2D eigenvalue weighted by Crippen LogP contribution is -2.62. The van der Waals surface area contributed by atoms with Crippen LogP contribution in [0.15, 0.2) is 34.6 Å². The number of aliphatic hydroxyl groups is 3. The predicted octanol–water partition coefficient (Wildman–Crippen LogP) is 3.38. The van der Waals surface area contributed by atoms with Gasteiger partial charge in [-0.2, -0.15) is 0 Å². The molecule has 0 amide bonds. The Balaban J connectivity index is 1.71. The van der Waals surface area contributed by atoms with Crippen LogP contribution in [0.25, 0.3) is 0 Å². The first-order valence-electron chi connectivity index (χ1n) is 12.0. The van der Waals surface area contributed by atoms with Crippen LogP contribution in [0.2, 0.25) is 0 Å². The summed E-state index contributed by atoms with van der Waals surface area (Å²) in [5, 5.41) is 45.3. The van der Waals surface area contributed by atoms with E-state index in [-0.39, 0.29) is 34.8 Å². The summed E-state index contributed by atoms with van der Waals surface area (Å²) in [6.07, 6.45) is 2.65. The maximum absolute atomic E-state index is 13.8. The number of carbonyl (C=O) groups is 3.